The van der Waals surface area contributed by atoms with Gasteiger partial charge in [-0.3, -0.25) is 19.5 Å². The number of carbonyl (C=O) groups excluding carboxylic acids is 3. The number of urea groups is 1. The van der Waals surface area contributed by atoms with Gasteiger partial charge < -0.3 is 20.3 Å². The SMILES string of the molecule is C=CCN1C(=O)N[C@H](c2cccc(Oc3ccccc3)c2)C2=C1CN(CC(=O)NCc1cccnc1)C2=O. The number of benzene rings is 2. The molecule has 3 heterocycles. The van der Waals surface area contributed by atoms with Crippen LogP contribution in [0.2, 0.25) is 0 Å². The molecule has 0 bridgehead atoms. The third-order valence-electron chi connectivity index (χ3n) is 6.33. The Morgan fingerprint density at radius 2 is 1.92 bits per heavy atom. The van der Waals surface area contributed by atoms with Crippen molar-refractivity contribution in [2.45, 2.75) is 12.6 Å². The molecule has 1 atom stereocenters. The number of para-hydroxylation sites is 1. The van der Waals surface area contributed by atoms with E-state index in [0.29, 0.717) is 34.9 Å². The third-order valence-corrected chi connectivity index (χ3v) is 6.33. The van der Waals surface area contributed by atoms with E-state index in [1.165, 1.54) is 9.80 Å². The van der Waals surface area contributed by atoms with E-state index in [4.69, 9.17) is 4.74 Å². The Kier molecular flexibility index (Phi) is 7.17. The molecule has 0 saturated heterocycles. The normalized spacial score (nSPS) is 16.7. The summed E-state index contributed by atoms with van der Waals surface area (Å²) in [5.74, 6) is 0.655. The van der Waals surface area contributed by atoms with Crippen LogP contribution in [0.1, 0.15) is 17.2 Å². The third kappa shape index (κ3) is 5.27. The zero-order valence-electron chi connectivity index (χ0n) is 20.7. The van der Waals surface area contributed by atoms with Crippen LogP contribution in [0.4, 0.5) is 4.79 Å². The molecule has 4 amide bonds. The van der Waals surface area contributed by atoms with E-state index in [0.717, 1.165) is 5.56 Å². The lowest BCUT2D eigenvalue weighted by Crippen LogP contribution is -2.47. The molecule has 0 radical (unpaired) electrons. The van der Waals surface area contributed by atoms with Gasteiger partial charge in [-0.2, -0.15) is 0 Å². The van der Waals surface area contributed by atoms with Crippen LogP contribution in [0.3, 0.4) is 0 Å². The Morgan fingerprint density at radius 3 is 2.68 bits per heavy atom. The summed E-state index contributed by atoms with van der Waals surface area (Å²) < 4.78 is 5.97. The van der Waals surface area contributed by atoms with E-state index in [1.54, 1.807) is 24.5 Å². The smallest absolute Gasteiger partial charge is 0.322 e. The molecule has 2 N–H and O–H groups in total. The second kappa shape index (κ2) is 11.0. The van der Waals surface area contributed by atoms with Crippen LogP contribution in [0.25, 0.3) is 0 Å². The highest BCUT2D eigenvalue weighted by molar-refractivity contribution is 6.03. The Hall–Kier alpha value is -4.92. The molecule has 38 heavy (non-hydrogen) atoms. The van der Waals surface area contributed by atoms with Crippen LogP contribution in [-0.4, -0.2) is 52.3 Å². The van der Waals surface area contributed by atoms with Gasteiger partial charge >= 0.3 is 6.03 Å². The molecule has 5 rings (SSSR count). The molecular weight excluding hydrogens is 482 g/mol. The van der Waals surface area contributed by atoms with Crippen LogP contribution < -0.4 is 15.4 Å². The summed E-state index contributed by atoms with van der Waals surface area (Å²) in [5, 5.41) is 5.78. The summed E-state index contributed by atoms with van der Waals surface area (Å²) in [6.07, 6.45) is 4.94. The van der Waals surface area contributed by atoms with Gasteiger partial charge in [0.05, 0.1) is 23.9 Å². The number of amides is 4. The van der Waals surface area contributed by atoms with Crippen LogP contribution in [0.15, 0.2) is 103 Å². The number of hydrogen-bond acceptors (Lipinski definition) is 5. The van der Waals surface area contributed by atoms with Gasteiger partial charge in [-0.1, -0.05) is 42.5 Å². The van der Waals surface area contributed by atoms with E-state index in [1.807, 2.05) is 60.7 Å². The molecule has 2 aliphatic heterocycles. The fourth-order valence-corrected chi connectivity index (χ4v) is 4.56. The standard InChI is InChI=1S/C29H27N5O4/c1-2-14-34-24-18-33(19-25(35)31-17-20-8-7-13-30-16-20)28(36)26(24)27(32-29(34)37)21-9-6-12-23(15-21)38-22-10-4-3-5-11-22/h2-13,15-16,27H,1,14,17-19H2,(H,31,35)(H,32,37)/t27-/m1/s1. The van der Waals surface area contributed by atoms with Gasteiger partial charge in [0, 0.05) is 25.5 Å². The molecule has 9 nitrogen and oxygen atoms in total. The van der Waals surface area contributed by atoms with Crippen LogP contribution >= 0.6 is 0 Å². The van der Waals surface area contributed by atoms with Gasteiger partial charge in [-0.05, 0) is 41.5 Å². The van der Waals surface area contributed by atoms with Crippen molar-refractivity contribution in [3.63, 3.8) is 0 Å². The lowest BCUT2D eigenvalue weighted by atomic mass is 9.95. The average Bonchev–Trinajstić information content (AvgIpc) is 3.25. The van der Waals surface area contributed by atoms with Crippen molar-refractivity contribution in [3.05, 3.63) is 114 Å². The number of nitrogens with one attached hydrogen (secondary N) is 2. The second-order valence-corrected chi connectivity index (χ2v) is 8.93. The summed E-state index contributed by atoms with van der Waals surface area (Å²) in [6, 6.07) is 19.3. The van der Waals surface area contributed by atoms with Crippen molar-refractivity contribution >= 4 is 17.8 Å². The van der Waals surface area contributed by atoms with Gasteiger partial charge in [0.2, 0.25) is 5.91 Å². The fourth-order valence-electron chi connectivity index (χ4n) is 4.56. The van der Waals surface area contributed by atoms with E-state index in [2.05, 4.69) is 22.2 Å². The molecule has 0 saturated carbocycles. The molecule has 2 aliphatic rings. The monoisotopic (exact) mass is 509 g/mol. The summed E-state index contributed by atoms with van der Waals surface area (Å²) in [5.41, 5.74) is 2.56. The minimum absolute atomic E-state index is 0.133. The van der Waals surface area contributed by atoms with Gasteiger partial charge in [-0.15, -0.1) is 6.58 Å². The maximum Gasteiger partial charge on any atom is 0.322 e. The topological polar surface area (TPSA) is 104 Å². The number of hydrogen-bond donors (Lipinski definition) is 2. The molecule has 0 aliphatic carbocycles. The fraction of sp³-hybridized carbons (Fsp3) is 0.172. The zero-order valence-corrected chi connectivity index (χ0v) is 20.7. The summed E-state index contributed by atoms with van der Waals surface area (Å²) in [7, 11) is 0. The van der Waals surface area contributed by atoms with Crippen molar-refractivity contribution in [3.8, 4) is 11.5 Å². The van der Waals surface area contributed by atoms with E-state index in [-0.39, 0.29) is 37.5 Å². The van der Waals surface area contributed by atoms with Crippen molar-refractivity contribution in [2.24, 2.45) is 0 Å². The number of carbonyl (C=O) groups is 3. The largest absolute Gasteiger partial charge is 0.457 e. The molecule has 1 aromatic heterocycles. The minimum Gasteiger partial charge on any atom is -0.457 e. The minimum atomic E-state index is -0.686. The second-order valence-electron chi connectivity index (χ2n) is 8.93. The van der Waals surface area contributed by atoms with Crippen LogP contribution in [-0.2, 0) is 16.1 Å². The molecule has 0 fully saturated rings. The molecular formula is C29H27N5O4. The maximum absolute atomic E-state index is 13.6. The predicted octanol–water partition coefficient (Wildman–Crippen LogP) is 3.54. The van der Waals surface area contributed by atoms with Gasteiger partial charge in [0.1, 0.15) is 18.0 Å². The molecule has 9 heteroatoms. The predicted molar refractivity (Wildman–Crippen MR) is 141 cm³/mol. The number of aromatic nitrogens is 1. The quantitative estimate of drug-likeness (QED) is 0.430. The highest BCUT2D eigenvalue weighted by Crippen LogP contribution is 2.37. The maximum atomic E-state index is 13.6. The van der Waals surface area contributed by atoms with E-state index >= 15 is 0 Å². The average molecular weight is 510 g/mol. The summed E-state index contributed by atoms with van der Waals surface area (Å²) >= 11 is 0. The lowest BCUT2D eigenvalue weighted by molar-refractivity contribution is -0.132. The van der Waals surface area contributed by atoms with Gasteiger partial charge in [0.15, 0.2) is 0 Å². The number of ether oxygens (including phenoxy) is 1. The first-order valence-corrected chi connectivity index (χ1v) is 12.2. The Bertz CT molecular complexity index is 1390. The lowest BCUT2D eigenvalue weighted by Gasteiger charge is -2.33. The number of rotatable bonds is 9. The molecule has 3 aromatic rings. The summed E-state index contributed by atoms with van der Waals surface area (Å²) in [6.45, 7) is 4.30. The van der Waals surface area contributed by atoms with Crippen LogP contribution in [0, 0.1) is 0 Å². The van der Waals surface area contributed by atoms with Gasteiger partial charge in [0.25, 0.3) is 5.91 Å². The molecule has 0 spiro atoms. The first-order valence-electron chi connectivity index (χ1n) is 12.2. The number of nitrogens with zero attached hydrogens (tertiary/aromatic N) is 3. The number of pyridine rings is 1. The van der Waals surface area contributed by atoms with E-state index in [9.17, 15) is 14.4 Å². The van der Waals surface area contributed by atoms with Crippen molar-refractivity contribution in [2.75, 3.05) is 19.6 Å². The molecule has 192 valence electrons. The highest BCUT2D eigenvalue weighted by Gasteiger charge is 2.44. The van der Waals surface area contributed by atoms with Crippen molar-refractivity contribution in [1.82, 2.24) is 25.4 Å². The Balaban J connectivity index is 1.37. The first-order chi connectivity index (χ1) is 18.5. The van der Waals surface area contributed by atoms with E-state index < -0.39 is 6.04 Å². The Morgan fingerprint density at radius 1 is 1.11 bits per heavy atom. The molecule has 0 unspecified atom stereocenters. The summed E-state index contributed by atoms with van der Waals surface area (Å²) in [4.78, 5) is 46.4. The van der Waals surface area contributed by atoms with Crippen molar-refractivity contribution < 1.29 is 19.1 Å². The highest BCUT2D eigenvalue weighted by atomic mass is 16.5. The molecule has 2 aromatic carbocycles. The Labute approximate surface area is 220 Å². The zero-order chi connectivity index (χ0) is 26.5. The van der Waals surface area contributed by atoms with Crippen LogP contribution in [0.5, 0.6) is 11.5 Å². The van der Waals surface area contributed by atoms with Gasteiger partial charge in [-0.25, -0.2) is 4.79 Å². The van der Waals surface area contributed by atoms with Crippen molar-refractivity contribution in [1.29, 1.82) is 0 Å². The first kappa shape index (κ1) is 24.8.